The van der Waals surface area contributed by atoms with Crippen molar-refractivity contribution in [2.75, 3.05) is 38.2 Å². The van der Waals surface area contributed by atoms with Crippen molar-refractivity contribution in [3.8, 4) is 0 Å². The number of piperidine rings is 2. The standard InChI is InChI=1S/C22H31N3O2/c1-16-5-6-21-17(12-16)13-18(14-24-10-7-20(27-2)8-11-24)22(23-21)25-9-3-4-19(26)15-25/h5-6,12-13,19-20,26H,3-4,7-11,14-15H2,1-2H3/t19-/m1/s1. The van der Waals surface area contributed by atoms with Crippen LogP contribution in [0.5, 0.6) is 0 Å². The van der Waals surface area contributed by atoms with Gasteiger partial charge in [-0.2, -0.15) is 0 Å². The number of anilines is 1. The molecule has 1 atom stereocenters. The molecule has 5 heteroatoms. The number of likely N-dealkylation sites (tertiary alicyclic amines) is 1. The van der Waals surface area contributed by atoms with Gasteiger partial charge in [-0.25, -0.2) is 4.98 Å². The summed E-state index contributed by atoms with van der Waals surface area (Å²) in [4.78, 5) is 9.83. The number of fused-ring (bicyclic) bond motifs is 1. The van der Waals surface area contributed by atoms with E-state index in [1.807, 2.05) is 7.11 Å². The number of aryl methyl sites for hydroxylation is 1. The quantitative estimate of drug-likeness (QED) is 0.897. The molecule has 27 heavy (non-hydrogen) atoms. The maximum atomic E-state index is 10.2. The Morgan fingerprint density at radius 3 is 2.70 bits per heavy atom. The molecule has 5 nitrogen and oxygen atoms in total. The van der Waals surface area contributed by atoms with Gasteiger partial charge in [0.15, 0.2) is 0 Å². The third kappa shape index (κ3) is 4.26. The molecule has 4 rings (SSSR count). The van der Waals surface area contributed by atoms with Crippen molar-refractivity contribution in [3.63, 3.8) is 0 Å². The van der Waals surface area contributed by atoms with Gasteiger partial charge in [-0.15, -0.1) is 0 Å². The molecule has 0 saturated carbocycles. The van der Waals surface area contributed by atoms with Gasteiger partial charge in [-0.3, -0.25) is 4.90 Å². The fourth-order valence-corrected chi connectivity index (χ4v) is 4.41. The number of aromatic nitrogens is 1. The van der Waals surface area contributed by atoms with E-state index in [0.717, 1.165) is 63.2 Å². The van der Waals surface area contributed by atoms with E-state index in [2.05, 4.69) is 41.0 Å². The highest BCUT2D eigenvalue weighted by Gasteiger charge is 2.24. The summed E-state index contributed by atoms with van der Waals surface area (Å²) in [5.41, 5.74) is 3.58. The fraction of sp³-hybridized carbons (Fsp3) is 0.591. The monoisotopic (exact) mass is 369 g/mol. The maximum absolute atomic E-state index is 10.2. The Bertz CT molecular complexity index is 786. The van der Waals surface area contributed by atoms with Gasteiger partial charge in [-0.05, 0) is 50.8 Å². The number of aliphatic hydroxyl groups is 1. The number of benzene rings is 1. The Labute approximate surface area is 161 Å². The first-order valence-electron chi connectivity index (χ1n) is 10.2. The summed E-state index contributed by atoms with van der Waals surface area (Å²) in [6.45, 7) is 6.82. The van der Waals surface area contributed by atoms with E-state index in [9.17, 15) is 5.11 Å². The van der Waals surface area contributed by atoms with Gasteiger partial charge in [-0.1, -0.05) is 11.6 Å². The highest BCUT2D eigenvalue weighted by Crippen LogP contribution is 2.29. The molecule has 2 saturated heterocycles. The molecule has 0 unspecified atom stereocenters. The van der Waals surface area contributed by atoms with Crippen molar-refractivity contribution < 1.29 is 9.84 Å². The lowest BCUT2D eigenvalue weighted by Gasteiger charge is -2.35. The van der Waals surface area contributed by atoms with Gasteiger partial charge < -0.3 is 14.7 Å². The van der Waals surface area contributed by atoms with Crippen LogP contribution >= 0.6 is 0 Å². The lowest BCUT2D eigenvalue weighted by molar-refractivity contribution is 0.0388. The molecular formula is C22H31N3O2. The van der Waals surface area contributed by atoms with E-state index in [4.69, 9.17) is 9.72 Å². The predicted octanol–water partition coefficient (Wildman–Crippen LogP) is 3.12. The smallest absolute Gasteiger partial charge is 0.133 e. The Balaban J connectivity index is 1.64. The summed E-state index contributed by atoms with van der Waals surface area (Å²) in [6, 6.07) is 8.77. The topological polar surface area (TPSA) is 48.8 Å². The van der Waals surface area contributed by atoms with Gasteiger partial charge in [0.25, 0.3) is 0 Å². The van der Waals surface area contributed by atoms with Crippen LogP contribution in [0.1, 0.15) is 36.8 Å². The Hall–Kier alpha value is -1.69. The second-order valence-corrected chi connectivity index (χ2v) is 8.12. The molecular weight excluding hydrogens is 338 g/mol. The molecule has 2 fully saturated rings. The van der Waals surface area contributed by atoms with Crippen LogP contribution < -0.4 is 4.90 Å². The number of aliphatic hydroxyl groups excluding tert-OH is 1. The number of ether oxygens (including phenoxy) is 1. The molecule has 2 aromatic rings. The van der Waals surface area contributed by atoms with Gasteiger partial charge in [0, 0.05) is 50.8 Å². The van der Waals surface area contributed by atoms with Crippen molar-refractivity contribution in [2.24, 2.45) is 0 Å². The number of pyridine rings is 1. The summed E-state index contributed by atoms with van der Waals surface area (Å²) in [5.74, 6) is 1.05. The minimum absolute atomic E-state index is 0.250. The maximum Gasteiger partial charge on any atom is 0.133 e. The number of hydrogen-bond acceptors (Lipinski definition) is 5. The number of rotatable bonds is 4. The summed E-state index contributed by atoms with van der Waals surface area (Å²) in [5, 5.41) is 11.4. The largest absolute Gasteiger partial charge is 0.391 e. The zero-order valence-electron chi connectivity index (χ0n) is 16.5. The minimum Gasteiger partial charge on any atom is -0.391 e. The van der Waals surface area contributed by atoms with Crippen molar-refractivity contribution in [1.82, 2.24) is 9.88 Å². The molecule has 0 amide bonds. The molecule has 2 aliphatic heterocycles. The minimum atomic E-state index is -0.250. The molecule has 0 spiro atoms. The Kier molecular flexibility index (Phi) is 5.62. The fourth-order valence-electron chi connectivity index (χ4n) is 4.41. The first-order valence-corrected chi connectivity index (χ1v) is 10.2. The van der Waals surface area contributed by atoms with Crippen LogP contribution in [-0.4, -0.2) is 60.5 Å². The zero-order valence-corrected chi connectivity index (χ0v) is 16.5. The average Bonchev–Trinajstić information content (AvgIpc) is 2.68. The van der Waals surface area contributed by atoms with Crippen LogP contribution in [0.2, 0.25) is 0 Å². The van der Waals surface area contributed by atoms with E-state index >= 15 is 0 Å². The molecule has 1 aromatic carbocycles. The summed E-state index contributed by atoms with van der Waals surface area (Å²) >= 11 is 0. The van der Waals surface area contributed by atoms with Crippen LogP contribution in [0.25, 0.3) is 10.9 Å². The van der Waals surface area contributed by atoms with Crippen molar-refractivity contribution in [1.29, 1.82) is 0 Å². The molecule has 2 aliphatic rings. The molecule has 146 valence electrons. The van der Waals surface area contributed by atoms with E-state index in [0.29, 0.717) is 12.6 Å². The first-order chi connectivity index (χ1) is 13.1. The van der Waals surface area contributed by atoms with Gasteiger partial charge in [0.1, 0.15) is 5.82 Å². The second-order valence-electron chi connectivity index (χ2n) is 8.12. The molecule has 0 bridgehead atoms. The van der Waals surface area contributed by atoms with Crippen molar-refractivity contribution >= 4 is 16.7 Å². The number of β-amino-alcohol motifs (C(OH)–C–C–N with tert-alkyl or cyclic N) is 1. The van der Waals surface area contributed by atoms with Crippen molar-refractivity contribution in [3.05, 3.63) is 35.4 Å². The van der Waals surface area contributed by atoms with Crippen molar-refractivity contribution in [2.45, 2.75) is 51.4 Å². The third-order valence-corrected chi connectivity index (χ3v) is 5.98. The van der Waals surface area contributed by atoms with Crippen LogP contribution in [0.15, 0.2) is 24.3 Å². The van der Waals surface area contributed by atoms with E-state index in [-0.39, 0.29) is 6.10 Å². The van der Waals surface area contributed by atoms with Crippen LogP contribution in [0.4, 0.5) is 5.82 Å². The normalized spacial score (nSPS) is 22.5. The summed E-state index contributed by atoms with van der Waals surface area (Å²) < 4.78 is 5.52. The lowest BCUT2D eigenvalue weighted by Crippen LogP contribution is -2.40. The molecule has 0 aliphatic carbocycles. The highest BCUT2D eigenvalue weighted by atomic mass is 16.5. The molecule has 3 heterocycles. The molecule has 1 aromatic heterocycles. The summed E-state index contributed by atoms with van der Waals surface area (Å²) in [6.07, 6.45) is 4.24. The predicted molar refractivity (Wildman–Crippen MR) is 109 cm³/mol. The summed E-state index contributed by atoms with van der Waals surface area (Å²) in [7, 11) is 1.82. The van der Waals surface area contributed by atoms with E-state index in [1.165, 1.54) is 16.5 Å². The van der Waals surface area contributed by atoms with Gasteiger partial charge in [0.05, 0.1) is 17.7 Å². The van der Waals surface area contributed by atoms with Gasteiger partial charge >= 0.3 is 0 Å². The Morgan fingerprint density at radius 2 is 1.96 bits per heavy atom. The first kappa shape index (κ1) is 18.7. The van der Waals surface area contributed by atoms with Crippen LogP contribution in [0, 0.1) is 6.92 Å². The van der Waals surface area contributed by atoms with Crippen LogP contribution in [0.3, 0.4) is 0 Å². The van der Waals surface area contributed by atoms with E-state index < -0.39 is 0 Å². The third-order valence-electron chi connectivity index (χ3n) is 5.98. The number of nitrogens with zero attached hydrogens (tertiary/aromatic N) is 3. The highest BCUT2D eigenvalue weighted by molar-refractivity contribution is 5.82. The number of methoxy groups -OCH3 is 1. The van der Waals surface area contributed by atoms with E-state index in [1.54, 1.807) is 0 Å². The number of hydrogen-bond donors (Lipinski definition) is 1. The van der Waals surface area contributed by atoms with Gasteiger partial charge in [0.2, 0.25) is 0 Å². The Morgan fingerprint density at radius 1 is 1.15 bits per heavy atom. The average molecular weight is 370 g/mol. The lowest BCUT2D eigenvalue weighted by atomic mass is 10.0. The second kappa shape index (κ2) is 8.13. The van der Waals surface area contributed by atoms with Crippen LogP contribution in [-0.2, 0) is 11.3 Å². The SMILES string of the molecule is COC1CCN(Cc2cc3cc(C)ccc3nc2N2CCC[C@@H](O)C2)CC1. The molecule has 0 radical (unpaired) electrons. The zero-order chi connectivity index (χ0) is 18.8. The molecule has 1 N–H and O–H groups in total.